The van der Waals surface area contributed by atoms with Crippen molar-refractivity contribution < 1.29 is 9.59 Å². The van der Waals surface area contributed by atoms with Gasteiger partial charge in [-0.1, -0.05) is 60.7 Å². The van der Waals surface area contributed by atoms with Gasteiger partial charge in [-0.25, -0.2) is 0 Å². The Balaban J connectivity index is 0.00000280. The maximum absolute atomic E-state index is 12.9. The second-order valence-electron chi connectivity index (χ2n) is 7.06. The van der Waals surface area contributed by atoms with Crippen molar-refractivity contribution in [3.05, 3.63) is 71.8 Å². The highest BCUT2D eigenvalue weighted by Crippen LogP contribution is 2.15. The van der Waals surface area contributed by atoms with Crippen LogP contribution in [0.25, 0.3) is 0 Å². The zero-order valence-corrected chi connectivity index (χ0v) is 16.7. The number of carbonyl (C=O) groups is 2. The maximum atomic E-state index is 12.9. The van der Waals surface area contributed by atoms with Gasteiger partial charge in [0, 0.05) is 32.0 Å². The highest BCUT2D eigenvalue weighted by Gasteiger charge is 2.28. The molecular formula is C22H28ClN3O2. The molecule has 0 radical (unpaired) electrons. The Bertz CT molecular complexity index is 749. The minimum Gasteiger partial charge on any atom is -0.344 e. The summed E-state index contributed by atoms with van der Waals surface area (Å²) in [5.41, 5.74) is 8.11. The first-order valence-electron chi connectivity index (χ1n) is 9.56. The van der Waals surface area contributed by atoms with E-state index < -0.39 is 6.04 Å². The molecular weight excluding hydrogens is 374 g/mol. The first-order valence-corrected chi connectivity index (χ1v) is 9.56. The molecule has 2 aromatic rings. The van der Waals surface area contributed by atoms with Gasteiger partial charge in [0.15, 0.2) is 0 Å². The number of halogens is 1. The smallest absolute Gasteiger partial charge is 0.245 e. The standard InChI is InChI=1S/C22H27N3O2.ClH/c23-19(18-11-5-2-6-12-18)16-21(26)24-20(15-17-9-3-1-4-10-17)22(27)25-13-7-8-14-25;/h1-6,9-12,19-20H,7-8,13-16,23H2,(H,24,26);1H. The van der Waals surface area contributed by atoms with Gasteiger partial charge >= 0.3 is 0 Å². The van der Waals surface area contributed by atoms with Gasteiger partial charge in [0.25, 0.3) is 0 Å². The van der Waals surface area contributed by atoms with Crippen molar-refractivity contribution in [1.29, 1.82) is 0 Å². The summed E-state index contributed by atoms with van der Waals surface area (Å²) in [6, 6.07) is 18.4. The largest absolute Gasteiger partial charge is 0.344 e. The zero-order chi connectivity index (χ0) is 19.1. The number of nitrogens with two attached hydrogens (primary N) is 1. The molecule has 1 heterocycles. The number of rotatable bonds is 7. The van der Waals surface area contributed by atoms with Crippen LogP contribution in [0.5, 0.6) is 0 Å². The predicted octanol–water partition coefficient (Wildman–Crippen LogP) is 2.85. The molecule has 150 valence electrons. The topological polar surface area (TPSA) is 75.4 Å². The number of amides is 2. The summed E-state index contributed by atoms with van der Waals surface area (Å²) < 4.78 is 0. The summed E-state index contributed by atoms with van der Waals surface area (Å²) >= 11 is 0. The minimum absolute atomic E-state index is 0. The molecule has 2 unspecified atom stereocenters. The maximum Gasteiger partial charge on any atom is 0.245 e. The number of hydrogen-bond donors (Lipinski definition) is 2. The van der Waals surface area contributed by atoms with E-state index in [1.807, 2.05) is 65.6 Å². The van der Waals surface area contributed by atoms with Gasteiger partial charge in [0.05, 0.1) is 0 Å². The van der Waals surface area contributed by atoms with E-state index in [-0.39, 0.29) is 36.7 Å². The average Bonchev–Trinajstić information content (AvgIpc) is 3.23. The van der Waals surface area contributed by atoms with Crippen LogP contribution >= 0.6 is 12.4 Å². The molecule has 1 aliphatic heterocycles. The molecule has 6 heteroatoms. The van der Waals surface area contributed by atoms with Gasteiger partial charge in [0.1, 0.15) is 6.04 Å². The van der Waals surface area contributed by atoms with Crippen molar-refractivity contribution >= 4 is 24.2 Å². The summed E-state index contributed by atoms with van der Waals surface area (Å²) in [5, 5.41) is 2.93. The molecule has 28 heavy (non-hydrogen) atoms. The fourth-order valence-electron chi connectivity index (χ4n) is 3.48. The molecule has 0 aromatic heterocycles. The van der Waals surface area contributed by atoms with Crippen LogP contribution in [0, 0.1) is 0 Å². The van der Waals surface area contributed by atoms with Crippen LogP contribution in [0.1, 0.15) is 36.4 Å². The third-order valence-electron chi connectivity index (χ3n) is 4.97. The highest BCUT2D eigenvalue weighted by atomic mass is 35.5. The molecule has 2 amide bonds. The third-order valence-corrected chi connectivity index (χ3v) is 4.97. The highest BCUT2D eigenvalue weighted by molar-refractivity contribution is 5.88. The van der Waals surface area contributed by atoms with Crippen LogP contribution in [0.4, 0.5) is 0 Å². The fourth-order valence-corrected chi connectivity index (χ4v) is 3.48. The van der Waals surface area contributed by atoms with Crippen LogP contribution in [-0.2, 0) is 16.0 Å². The Labute approximate surface area is 172 Å². The van der Waals surface area contributed by atoms with E-state index in [4.69, 9.17) is 5.73 Å². The van der Waals surface area contributed by atoms with E-state index in [1.165, 1.54) is 0 Å². The number of nitrogens with one attached hydrogen (secondary N) is 1. The van der Waals surface area contributed by atoms with Gasteiger partial charge < -0.3 is 16.0 Å². The first kappa shape index (κ1) is 21.9. The molecule has 1 saturated heterocycles. The normalized spacial score (nSPS) is 15.4. The van der Waals surface area contributed by atoms with E-state index in [2.05, 4.69) is 5.32 Å². The minimum atomic E-state index is -0.555. The monoisotopic (exact) mass is 401 g/mol. The van der Waals surface area contributed by atoms with Gasteiger partial charge in [-0.05, 0) is 24.0 Å². The Morgan fingerprint density at radius 1 is 0.964 bits per heavy atom. The molecule has 1 fully saturated rings. The van der Waals surface area contributed by atoms with Crippen molar-refractivity contribution in [2.45, 2.75) is 37.8 Å². The fraction of sp³-hybridized carbons (Fsp3) is 0.364. The molecule has 1 aliphatic rings. The molecule has 0 bridgehead atoms. The average molecular weight is 402 g/mol. The van der Waals surface area contributed by atoms with Crippen molar-refractivity contribution in [2.75, 3.05) is 13.1 Å². The lowest BCUT2D eigenvalue weighted by atomic mass is 10.0. The molecule has 3 N–H and O–H groups in total. The van der Waals surface area contributed by atoms with Crippen LogP contribution in [0.2, 0.25) is 0 Å². The SMILES string of the molecule is Cl.NC(CC(=O)NC(Cc1ccccc1)C(=O)N1CCCC1)c1ccccc1. The lowest BCUT2D eigenvalue weighted by Crippen LogP contribution is -2.49. The van der Waals surface area contributed by atoms with E-state index in [0.29, 0.717) is 6.42 Å². The molecule has 2 aromatic carbocycles. The van der Waals surface area contributed by atoms with Gasteiger partial charge in [-0.15, -0.1) is 12.4 Å². The molecule has 0 spiro atoms. The van der Waals surface area contributed by atoms with Gasteiger partial charge in [-0.2, -0.15) is 0 Å². The van der Waals surface area contributed by atoms with Crippen molar-refractivity contribution in [3.8, 4) is 0 Å². The van der Waals surface area contributed by atoms with Crippen LogP contribution < -0.4 is 11.1 Å². The lowest BCUT2D eigenvalue weighted by molar-refractivity contribution is -0.135. The summed E-state index contributed by atoms with van der Waals surface area (Å²) in [4.78, 5) is 27.4. The Morgan fingerprint density at radius 2 is 1.54 bits per heavy atom. The molecule has 0 saturated carbocycles. The Hall–Kier alpha value is -2.37. The molecule has 2 atom stereocenters. The quantitative estimate of drug-likeness (QED) is 0.749. The van der Waals surface area contributed by atoms with Crippen molar-refractivity contribution in [2.24, 2.45) is 5.73 Å². The van der Waals surface area contributed by atoms with Gasteiger partial charge in [-0.3, -0.25) is 9.59 Å². The lowest BCUT2D eigenvalue weighted by Gasteiger charge is -2.25. The second-order valence-corrected chi connectivity index (χ2v) is 7.06. The zero-order valence-electron chi connectivity index (χ0n) is 15.9. The van der Waals surface area contributed by atoms with Crippen LogP contribution in [-0.4, -0.2) is 35.8 Å². The number of hydrogen-bond acceptors (Lipinski definition) is 3. The summed E-state index contributed by atoms with van der Waals surface area (Å²) in [7, 11) is 0. The summed E-state index contributed by atoms with van der Waals surface area (Å²) in [5.74, 6) is -0.196. The summed E-state index contributed by atoms with van der Waals surface area (Å²) in [6.45, 7) is 1.53. The van der Waals surface area contributed by atoms with Crippen LogP contribution in [0.3, 0.4) is 0 Å². The van der Waals surface area contributed by atoms with E-state index in [9.17, 15) is 9.59 Å². The third kappa shape index (κ3) is 6.08. The van der Waals surface area contributed by atoms with E-state index >= 15 is 0 Å². The van der Waals surface area contributed by atoms with Crippen molar-refractivity contribution in [3.63, 3.8) is 0 Å². The molecule has 0 aliphatic carbocycles. The Kier molecular flexibility index (Phi) is 8.48. The van der Waals surface area contributed by atoms with Gasteiger partial charge in [0.2, 0.25) is 11.8 Å². The number of carbonyl (C=O) groups excluding carboxylic acids is 2. The number of nitrogens with zero attached hydrogens (tertiary/aromatic N) is 1. The number of benzene rings is 2. The Morgan fingerprint density at radius 3 is 2.14 bits per heavy atom. The second kappa shape index (κ2) is 10.8. The molecule has 5 nitrogen and oxygen atoms in total. The number of likely N-dealkylation sites (tertiary alicyclic amines) is 1. The van der Waals surface area contributed by atoms with Crippen molar-refractivity contribution in [1.82, 2.24) is 10.2 Å². The van der Waals surface area contributed by atoms with E-state index in [1.54, 1.807) is 0 Å². The summed E-state index contributed by atoms with van der Waals surface area (Å²) in [6.07, 6.45) is 2.69. The first-order chi connectivity index (χ1) is 13.1. The molecule has 3 rings (SSSR count). The predicted molar refractivity (Wildman–Crippen MR) is 113 cm³/mol. The van der Waals surface area contributed by atoms with E-state index in [0.717, 1.165) is 37.1 Å². The van der Waals surface area contributed by atoms with Crippen LogP contribution in [0.15, 0.2) is 60.7 Å².